The second-order valence-electron chi connectivity index (χ2n) is 7.42. The van der Waals surface area contributed by atoms with Crippen molar-refractivity contribution in [1.29, 1.82) is 0 Å². The van der Waals surface area contributed by atoms with Crippen LogP contribution in [0.1, 0.15) is 62.2 Å². The number of carbonyl (C=O) groups excluding carboxylic acids is 1. The van der Waals surface area contributed by atoms with E-state index in [1.807, 2.05) is 0 Å². The average molecular weight is 365 g/mol. The van der Waals surface area contributed by atoms with Crippen LogP contribution in [0.3, 0.4) is 0 Å². The van der Waals surface area contributed by atoms with Crippen molar-refractivity contribution < 1.29 is 13.2 Å². The summed E-state index contributed by atoms with van der Waals surface area (Å²) in [5, 5.41) is 3.07. The second-order valence-corrected chi connectivity index (χ2v) is 9.36. The van der Waals surface area contributed by atoms with E-state index >= 15 is 0 Å². The van der Waals surface area contributed by atoms with Gasteiger partial charge in [0.1, 0.15) is 0 Å². The molecule has 0 atom stereocenters. The fourth-order valence-electron chi connectivity index (χ4n) is 3.73. The van der Waals surface area contributed by atoms with Gasteiger partial charge in [-0.25, -0.2) is 8.42 Å². The molecule has 1 saturated carbocycles. The van der Waals surface area contributed by atoms with Crippen molar-refractivity contribution in [2.45, 2.75) is 62.8 Å². The van der Waals surface area contributed by atoms with Crippen LogP contribution in [-0.4, -0.2) is 37.8 Å². The average Bonchev–Trinajstić information content (AvgIpc) is 2.64. The largest absolute Gasteiger partial charge is 0.349 e. The predicted molar refractivity (Wildman–Crippen MR) is 97.9 cm³/mol. The number of sulfonamides is 1. The lowest BCUT2D eigenvalue weighted by molar-refractivity contribution is 0.0923. The molecule has 0 unspecified atom stereocenters. The Morgan fingerprint density at radius 1 is 1.08 bits per heavy atom. The molecule has 0 bridgehead atoms. The molecule has 0 aromatic heterocycles. The van der Waals surface area contributed by atoms with Crippen LogP contribution in [0.15, 0.2) is 29.2 Å². The van der Waals surface area contributed by atoms with Gasteiger partial charge in [-0.15, -0.1) is 0 Å². The van der Waals surface area contributed by atoms with Crippen LogP contribution >= 0.6 is 0 Å². The van der Waals surface area contributed by atoms with Gasteiger partial charge >= 0.3 is 0 Å². The lowest BCUT2D eigenvalue weighted by Crippen LogP contribution is -2.38. The number of benzene rings is 1. The fourth-order valence-corrected chi connectivity index (χ4v) is 5.29. The quantitative estimate of drug-likeness (QED) is 0.892. The molecule has 0 radical (unpaired) electrons. The summed E-state index contributed by atoms with van der Waals surface area (Å²) in [6, 6.07) is 6.66. The standard InChI is InChI=1S/C19H28N2O3S/c1-15-8-10-17(11-9-15)20-19(22)16-6-5-7-18(14-16)25(23,24)21-12-3-2-4-13-21/h5-7,14-15,17H,2-4,8-13H2,1H3,(H,20,22). The normalized spacial score (nSPS) is 25.5. The predicted octanol–water partition coefficient (Wildman–Crippen LogP) is 3.17. The number of hydrogen-bond acceptors (Lipinski definition) is 3. The fraction of sp³-hybridized carbons (Fsp3) is 0.632. The molecule has 1 aromatic rings. The first-order chi connectivity index (χ1) is 12.0. The van der Waals surface area contributed by atoms with Crippen LogP contribution in [0.2, 0.25) is 0 Å². The summed E-state index contributed by atoms with van der Waals surface area (Å²) in [6.07, 6.45) is 7.15. The Bertz CT molecular complexity index is 703. The molecule has 25 heavy (non-hydrogen) atoms. The van der Waals surface area contributed by atoms with Crippen molar-refractivity contribution in [3.05, 3.63) is 29.8 Å². The minimum absolute atomic E-state index is 0.171. The zero-order chi connectivity index (χ0) is 17.9. The van der Waals surface area contributed by atoms with Gasteiger partial charge in [-0.3, -0.25) is 4.79 Å². The summed E-state index contributed by atoms with van der Waals surface area (Å²) in [5.41, 5.74) is 0.428. The van der Waals surface area contributed by atoms with Gasteiger partial charge in [0, 0.05) is 24.7 Å². The molecule has 6 heteroatoms. The third-order valence-electron chi connectivity index (χ3n) is 5.40. The maximum absolute atomic E-state index is 12.8. The van der Waals surface area contributed by atoms with Crippen LogP contribution < -0.4 is 5.32 Å². The molecule has 0 spiro atoms. The number of hydrogen-bond donors (Lipinski definition) is 1. The topological polar surface area (TPSA) is 66.5 Å². The molecule has 1 aromatic carbocycles. The number of piperidine rings is 1. The van der Waals surface area contributed by atoms with E-state index in [0.717, 1.165) is 50.9 Å². The first kappa shape index (κ1) is 18.4. The molecule has 2 aliphatic rings. The maximum Gasteiger partial charge on any atom is 0.251 e. The minimum atomic E-state index is -3.51. The van der Waals surface area contributed by atoms with E-state index in [-0.39, 0.29) is 16.8 Å². The number of amides is 1. The number of nitrogens with zero attached hydrogens (tertiary/aromatic N) is 1. The molecule has 1 saturated heterocycles. The molecular weight excluding hydrogens is 336 g/mol. The molecular formula is C19H28N2O3S. The van der Waals surface area contributed by atoms with Crippen molar-refractivity contribution in [3.8, 4) is 0 Å². The van der Waals surface area contributed by atoms with Gasteiger partial charge in [0.25, 0.3) is 5.91 Å². The first-order valence-corrected chi connectivity index (χ1v) is 10.8. The smallest absolute Gasteiger partial charge is 0.251 e. The summed E-state index contributed by atoms with van der Waals surface area (Å²) in [7, 11) is -3.51. The maximum atomic E-state index is 12.8. The summed E-state index contributed by atoms with van der Waals surface area (Å²) in [6.45, 7) is 3.38. The zero-order valence-electron chi connectivity index (χ0n) is 14.9. The Labute approximate surface area is 150 Å². The van der Waals surface area contributed by atoms with Gasteiger partial charge in [0.05, 0.1) is 4.90 Å². The third kappa shape index (κ3) is 4.42. The minimum Gasteiger partial charge on any atom is -0.349 e. The second kappa shape index (κ2) is 7.87. The van der Waals surface area contributed by atoms with Crippen LogP contribution in [-0.2, 0) is 10.0 Å². The van der Waals surface area contributed by atoms with E-state index in [4.69, 9.17) is 0 Å². The van der Waals surface area contributed by atoms with Gasteiger partial charge in [-0.1, -0.05) is 19.4 Å². The molecule has 1 amide bonds. The van der Waals surface area contributed by atoms with Crippen LogP contribution in [0.25, 0.3) is 0 Å². The van der Waals surface area contributed by atoms with Gasteiger partial charge < -0.3 is 5.32 Å². The van der Waals surface area contributed by atoms with Crippen molar-refractivity contribution in [2.75, 3.05) is 13.1 Å². The lowest BCUT2D eigenvalue weighted by Gasteiger charge is -2.27. The summed E-state index contributed by atoms with van der Waals surface area (Å²) >= 11 is 0. The van der Waals surface area contributed by atoms with Crippen LogP contribution in [0.4, 0.5) is 0 Å². The third-order valence-corrected chi connectivity index (χ3v) is 7.29. The van der Waals surface area contributed by atoms with Crippen LogP contribution in [0, 0.1) is 5.92 Å². The van der Waals surface area contributed by atoms with Gasteiger partial charge in [0.15, 0.2) is 0 Å². The highest BCUT2D eigenvalue weighted by Crippen LogP contribution is 2.24. The van der Waals surface area contributed by atoms with E-state index < -0.39 is 10.0 Å². The molecule has 1 aliphatic heterocycles. The highest BCUT2D eigenvalue weighted by atomic mass is 32.2. The summed E-state index contributed by atoms with van der Waals surface area (Å²) < 4.78 is 27.1. The van der Waals surface area contributed by atoms with Crippen molar-refractivity contribution in [1.82, 2.24) is 9.62 Å². The number of carbonyl (C=O) groups is 1. The van der Waals surface area contributed by atoms with Crippen LogP contribution in [0.5, 0.6) is 0 Å². The Morgan fingerprint density at radius 2 is 1.76 bits per heavy atom. The van der Waals surface area contributed by atoms with Gasteiger partial charge in [0.2, 0.25) is 10.0 Å². The van der Waals surface area contributed by atoms with Crippen molar-refractivity contribution >= 4 is 15.9 Å². The van der Waals surface area contributed by atoms with Crippen molar-refractivity contribution in [3.63, 3.8) is 0 Å². The molecule has 1 aliphatic carbocycles. The number of rotatable bonds is 4. The van der Waals surface area contributed by atoms with E-state index in [0.29, 0.717) is 18.7 Å². The summed E-state index contributed by atoms with van der Waals surface area (Å²) in [4.78, 5) is 12.8. The molecule has 5 nitrogen and oxygen atoms in total. The highest BCUT2D eigenvalue weighted by molar-refractivity contribution is 7.89. The zero-order valence-corrected chi connectivity index (χ0v) is 15.7. The van der Waals surface area contributed by atoms with E-state index in [1.54, 1.807) is 18.2 Å². The SMILES string of the molecule is CC1CCC(NC(=O)c2cccc(S(=O)(=O)N3CCCCC3)c2)CC1. The molecule has 138 valence electrons. The Balaban J connectivity index is 1.71. The molecule has 1 heterocycles. The molecule has 3 rings (SSSR count). The van der Waals surface area contributed by atoms with E-state index in [2.05, 4.69) is 12.2 Å². The highest BCUT2D eigenvalue weighted by Gasteiger charge is 2.27. The van der Waals surface area contributed by atoms with Gasteiger partial charge in [-0.2, -0.15) is 4.31 Å². The lowest BCUT2D eigenvalue weighted by atomic mass is 9.87. The summed E-state index contributed by atoms with van der Waals surface area (Å²) in [5.74, 6) is 0.557. The Hall–Kier alpha value is -1.40. The Morgan fingerprint density at radius 3 is 2.44 bits per heavy atom. The van der Waals surface area contributed by atoms with E-state index in [9.17, 15) is 13.2 Å². The molecule has 2 fully saturated rings. The monoisotopic (exact) mass is 364 g/mol. The van der Waals surface area contributed by atoms with Crippen molar-refractivity contribution in [2.24, 2.45) is 5.92 Å². The van der Waals surface area contributed by atoms with Gasteiger partial charge in [-0.05, 0) is 62.6 Å². The van der Waals surface area contributed by atoms with E-state index in [1.165, 1.54) is 10.4 Å². The molecule has 1 N–H and O–H groups in total. The number of nitrogens with one attached hydrogen (secondary N) is 1. The first-order valence-electron chi connectivity index (χ1n) is 9.38. The Kier molecular flexibility index (Phi) is 5.79.